The number of anilines is 1. The van der Waals surface area contributed by atoms with Gasteiger partial charge in [0.05, 0.1) is 0 Å². The summed E-state index contributed by atoms with van der Waals surface area (Å²) in [6.45, 7) is 2.35. The zero-order valence-electron chi connectivity index (χ0n) is 10.5. The highest BCUT2D eigenvalue weighted by Gasteiger charge is 2.15. The number of para-hydroxylation sites is 1. The molecule has 1 saturated heterocycles. The van der Waals surface area contributed by atoms with Crippen LogP contribution in [0.15, 0.2) is 18.2 Å². The zero-order chi connectivity index (χ0) is 13.7. The van der Waals surface area contributed by atoms with Crippen molar-refractivity contribution < 1.29 is 13.6 Å². The third kappa shape index (κ3) is 3.89. The van der Waals surface area contributed by atoms with Crippen LogP contribution in [0.4, 0.5) is 19.3 Å². The van der Waals surface area contributed by atoms with Crippen molar-refractivity contribution in [2.24, 2.45) is 5.92 Å². The highest BCUT2D eigenvalue weighted by atomic mass is 19.1. The summed E-state index contributed by atoms with van der Waals surface area (Å²) in [5.41, 5.74) is -0.415. The van der Waals surface area contributed by atoms with E-state index < -0.39 is 23.4 Å². The van der Waals surface area contributed by atoms with Gasteiger partial charge in [-0.1, -0.05) is 6.07 Å². The molecule has 1 aliphatic rings. The van der Waals surface area contributed by atoms with Crippen LogP contribution in [0, 0.1) is 17.6 Å². The fourth-order valence-electron chi connectivity index (χ4n) is 2.11. The lowest BCUT2D eigenvalue weighted by Crippen LogP contribution is -2.39. The van der Waals surface area contributed by atoms with Crippen molar-refractivity contribution >= 4 is 11.7 Å². The molecule has 0 unspecified atom stereocenters. The molecule has 4 nitrogen and oxygen atoms in total. The maximum absolute atomic E-state index is 13.3. The number of nitrogens with one attached hydrogen (secondary N) is 3. The Morgan fingerprint density at radius 2 is 2.11 bits per heavy atom. The van der Waals surface area contributed by atoms with E-state index in [2.05, 4.69) is 16.0 Å². The number of carbonyl (C=O) groups excluding carboxylic acids is 1. The largest absolute Gasteiger partial charge is 0.338 e. The van der Waals surface area contributed by atoms with Gasteiger partial charge in [-0.2, -0.15) is 0 Å². The molecule has 1 aromatic rings. The third-order valence-electron chi connectivity index (χ3n) is 3.15. The van der Waals surface area contributed by atoms with E-state index in [9.17, 15) is 13.6 Å². The molecule has 0 aliphatic carbocycles. The van der Waals surface area contributed by atoms with Crippen LogP contribution in [-0.4, -0.2) is 25.7 Å². The SMILES string of the molecule is O=C(NC[C@@H]1CCCNC1)Nc1c(F)cccc1F. The average molecular weight is 269 g/mol. The van der Waals surface area contributed by atoms with Crippen LogP contribution in [0.1, 0.15) is 12.8 Å². The van der Waals surface area contributed by atoms with E-state index in [1.165, 1.54) is 6.07 Å². The number of benzene rings is 1. The second kappa shape index (κ2) is 6.47. The predicted octanol–water partition coefficient (Wildman–Crippen LogP) is 2.09. The minimum atomic E-state index is -0.783. The van der Waals surface area contributed by atoms with Gasteiger partial charge in [-0.05, 0) is 44.0 Å². The maximum atomic E-state index is 13.3. The van der Waals surface area contributed by atoms with Crippen LogP contribution in [0.25, 0.3) is 0 Å². The van der Waals surface area contributed by atoms with Crippen molar-refractivity contribution in [2.45, 2.75) is 12.8 Å². The predicted molar refractivity (Wildman–Crippen MR) is 69.0 cm³/mol. The molecule has 104 valence electrons. The molecule has 1 aromatic carbocycles. The summed E-state index contributed by atoms with van der Waals surface area (Å²) < 4.78 is 26.6. The zero-order valence-corrected chi connectivity index (χ0v) is 10.5. The molecule has 0 bridgehead atoms. The first kappa shape index (κ1) is 13.7. The molecular formula is C13H17F2N3O. The molecule has 0 radical (unpaired) electrons. The molecule has 6 heteroatoms. The van der Waals surface area contributed by atoms with Crippen LogP contribution in [0.5, 0.6) is 0 Å². The van der Waals surface area contributed by atoms with Gasteiger partial charge in [-0.25, -0.2) is 13.6 Å². The van der Waals surface area contributed by atoms with E-state index in [-0.39, 0.29) is 0 Å². The Morgan fingerprint density at radius 3 is 2.74 bits per heavy atom. The maximum Gasteiger partial charge on any atom is 0.319 e. The number of hydrogen-bond acceptors (Lipinski definition) is 2. The van der Waals surface area contributed by atoms with Gasteiger partial charge >= 0.3 is 6.03 Å². The molecule has 3 N–H and O–H groups in total. The van der Waals surface area contributed by atoms with E-state index in [4.69, 9.17) is 0 Å². The molecule has 19 heavy (non-hydrogen) atoms. The second-order valence-electron chi connectivity index (χ2n) is 4.64. The van der Waals surface area contributed by atoms with Gasteiger partial charge in [0, 0.05) is 6.54 Å². The lowest BCUT2D eigenvalue weighted by Gasteiger charge is -2.22. The fraction of sp³-hybridized carbons (Fsp3) is 0.462. The van der Waals surface area contributed by atoms with Crippen molar-refractivity contribution in [1.82, 2.24) is 10.6 Å². The van der Waals surface area contributed by atoms with Crippen molar-refractivity contribution in [2.75, 3.05) is 25.0 Å². The first-order valence-electron chi connectivity index (χ1n) is 6.36. The van der Waals surface area contributed by atoms with Crippen LogP contribution >= 0.6 is 0 Å². The van der Waals surface area contributed by atoms with E-state index in [1.807, 2.05) is 0 Å². The Bertz CT molecular complexity index is 427. The Hall–Kier alpha value is -1.69. The fourth-order valence-corrected chi connectivity index (χ4v) is 2.11. The van der Waals surface area contributed by atoms with E-state index in [0.29, 0.717) is 12.5 Å². The Balaban J connectivity index is 1.83. The molecule has 0 spiro atoms. The number of piperidine rings is 1. The summed E-state index contributed by atoms with van der Waals surface area (Å²) in [5.74, 6) is -1.20. The number of urea groups is 1. The van der Waals surface area contributed by atoms with Gasteiger partial charge in [0.2, 0.25) is 0 Å². The topological polar surface area (TPSA) is 53.2 Å². The third-order valence-corrected chi connectivity index (χ3v) is 3.15. The lowest BCUT2D eigenvalue weighted by molar-refractivity contribution is 0.248. The number of rotatable bonds is 3. The van der Waals surface area contributed by atoms with Crippen molar-refractivity contribution in [3.8, 4) is 0 Å². The minimum absolute atomic E-state index is 0.366. The van der Waals surface area contributed by atoms with Crippen molar-refractivity contribution in [1.29, 1.82) is 0 Å². The normalized spacial score (nSPS) is 18.9. The van der Waals surface area contributed by atoms with Crippen molar-refractivity contribution in [3.63, 3.8) is 0 Å². The smallest absolute Gasteiger partial charge is 0.319 e. The van der Waals surface area contributed by atoms with Crippen LogP contribution in [-0.2, 0) is 0 Å². The quantitative estimate of drug-likeness (QED) is 0.787. The summed E-state index contributed by atoms with van der Waals surface area (Å²) in [7, 11) is 0. The first-order valence-corrected chi connectivity index (χ1v) is 6.36. The lowest BCUT2D eigenvalue weighted by atomic mass is 10.00. The molecule has 1 atom stereocenters. The molecule has 2 rings (SSSR count). The molecule has 1 heterocycles. The Labute approximate surface area is 110 Å². The van der Waals surface area contributed by atoms with Crippen LogP contribution in [0.2, 0.25) is 0 Å². The van der Waals surface area contributed by atoms with Crippen LogP contribution in [0.3, 0.4) is 0 Å². The van der Waals surface area contributed by atoms with Crippen LogP contribution < -0.4 is 16.0 Å². The van der Waals surface area contributed by atoms with E-state index in [0.717, 1.165) is 38.1 Å². The molecular weight excluding hydrogens is 252 g/mol. The highest BCUT2D eigenvalue weighted by molar-refractivity contribution is 5.89. The second-order valence-corrected chi connectivity index (χ2v) is 4.64. The van der Waals surface area contributed by atoms with Gasteiger partial charge in [-0.15, -0.1) is 0 Å². The number of hydrogen-bond donors (Lipinski definition) is 3. The summed E-state index contributed by atoms with van der Waals surface area (Å²) >= 11 is 0. The average Bonchev–Trinajstić information content (AvgIpc) is 2.42. The standard InChI is InChI=1S/C13H17F2N3O/c14-10-4-1-5-11(15)12(10)18-13(19)17-8-9-3-2-6-16-7-9/h1,4-5,9,16H,2-3,6-8H2,(H2,17,18,19)/t9-/m1/s1. The van der Waals surface area contributed by atoms with E-state index >= 15 is 0 Å². The number of carbonyl (C=O) groups is 1. The summed E-state index contributed by atoms with van der Waals surface area (Å²) in [6.07, 6.45) is 2.12. The Kier molecular flexibility index (Phi) is 4.68. The molecule has 2 amide bonds. The molecule has 1 fully saturated rings. The molecule has 0 saturated carbocycles. The van der Waals surface area contributed by atoms with Crippen molar-refractivity contribution in [3.05, 3.63) is 29.8 Å². The monoisotopic (exact) mass is 269 g/mol. The highest BCUT2D eigenvalue weighted by Crippen LogP contribution is 2.17. The van der Waals surface area contributed by atoms with Gasteiger partial charge in [-0.3, -0.25) is 0 Å². The molecule has 0 aromatic heterocycles. The summed E-state index contributed by atoms with van der Waals surface area (Å²) in [4.78, 5) is 11.6. The number of amides is 2. The van der Waals surface area contributed by atoms with E-state index in [1.54, 1.807) is 0 Å². The number of halogens is 2. The molecule has 1 aliphatic heterocycles. The van der Waals surface area contributed by atoms with Gasteiger partial charge in [0.1, 0.15) is 17.3 Å². The summed E-state index contributed by atoms with van der Waals surface area (Å²) in [5, 5.41) is 8.06. The first-order chi connectivity index (χ1) is 9.16. The van der Waals surface area contributed by atoms with Gasteiger partial charge in [0.15, 0.2) is 0 Å². The van der Waals surface area contributed by atoms with Gasteiger partial charge < -0.3 is 16.0 Å². The Morgan fingerprint density at radius 1 is 1.37 bits per heavy atom. The van der Waals surface area contributed by atoms with Gasteiger partial charge in [0.25, 0.3) is 0 Å². The summed E-state index contributed by atoms with van der Waals surface area (Å²) in [6, 6.07) is 2.86. The minimum Gasteiger partial charge on any atom is -0.338 e.